The molecule has 0 saturated heterocycles. The van der Waals surface area contributed by atoms with Gasteiger partial charge in [-0.1, -0.05) is 48.5 Å². The molecule has 0 saturated carbocycles. The molecular formula is C19H19ClN2O2. The molecule has 24 heavy (non-hydrogen) atoms. The van der Waals surface area contributed by atoms with E-state index in [1.807, 2.05) is 36.4 Å². The fourth-order valence-electron chi connectivity index (χ4n) is 3.50. The molecule has 0 amide bonds. The number of carbonyl (C=O) groups is 1. The highest BCUT2D eigenvalue weighted by molar-refractivity contribution is 5.86. The molecule has 1 aromatic heterocycles. The first-order valence-corrected chi connectivity index (χ1v) is 7.84. The molecule has 5 heteroatoms. The van der Waals surface area contributed by atoms with E-state index in [0.29, 0.717) is 6.42 Å². The molecule has 2 heterocycles. The number of carboxylic acid groups (broad SMARTS) is 1. The first kappa shape index (κ1) is 16.6. The Morgan fingerprint density at radius 2 is 1.79 bits per heavy atom. The lowest BCUT2D eigenvalue weighted by atomic mass is 9.91. The predicted molar refractivity (Wildman–Crippen MR) is 96.7 cm³/mol. The molecule has 1 aliphatic rings. The van der Waals surface area contributed by atoms with Crippen LogP contribution in [0, 0.1) is 0 Å². The molecular weight excluding hydrogens is 324 g/mol. The Kier molecular flexibility index (Phi) is 4.60. The Morgan fingerprint density at radius 1 is 1.08 bits per heavy atom. The van der Waals surface area contributed by atoms with Crippen molar-refractivity contribution in [2.75, 3.05) is 0 Å². The Bertz CT molecular complexity index is 860. The summed E-state index contributed by atoms with van der Waals surface area (Å²) in [5.41, 5.74) is 4.52. The number of carboxylic acids is 1. The predicted octanol–water partition coefficient (Wildman–Crippen LogP) is 3.47. The number of aromatic nitrogens is 1. The van der Waals surface area contributed by atoms with E-state index in [-0.39, 0.29) is 18.4 Å². The Balaban J connectivity index is 0.00000169. The largest absolute Gasteiger partial charge is 0.480 e. The topological polar surface area (TPSA) is 65.1 Å². The van der Waals surface area contributed by atoms with Gasteiger partial charge in [0.2, 0.25) is 0 Å². The lowest BCUT2D eigenvalue weighted by molar-refractivity contribution is -0.139. The quantitative estimate of drug-likeness (QED) is 0.683. The molecule has 124 valence electrons. The number of para-hydroxylation sites is 1. The maximum absolute atomic E-state index is 11.5. The number of aromatic amines is 1. The third-order valence-corrected chi connectivity index (χ3v) is 4.59. The van der Waals surface area contributed by atoms with Gasteiger partial charge < -0.3 is 10.1 Å². The summed E-state index contributed by atoms with van der Waals surface area (Å²) in [5, 5.41) is 13.9. The number of aliphatic carboxylic acids is 1. The summed E-state index contributed by atoms with van der Waals surface area (Å²) in [6, 6.07) is 17.7. The van der Waals surface area contributed by atoms with Crippen LogP contribution in [0.1, 0.15) is 22.9 Å². The number of benzene rings is 2. The minimum absolute atomic E-state index is 0. The molecule has 3 N–H and O–H groups in total. The van der Waals surface area contributed by atoms with E-state index in [1.165, 1.54) is 5.56 Å². The zero-order valence-corrected chi connectivity index (χ0v) is 13.8. The van der Waals surface area contributed by atoms with Gasteiger partial charge in [0.1, 0.15) is 6.04 Å². The molecule has 0 bridgehead atoms. The van der Waals surface area contributed by atoms with E-state index in [2.05, 4.69) is 28.5 Å². The lowest BCUT2D eigenvalue weighted by Gasteiger charge is -2.29. The third-order valence-electron chi connectivity index (χ3n) is 4.59. The van der Waals surface area contributed by atoms with E-state index < -0.39 is 12.0 Å². The summed E-state index contributed by atoms with van der Waals surface area (Å²) in [6.45, 7) is 0. The number of rotatable bonds is 3. The number of nitrogens with one attached hydrogen (secondary N) is 2. The van der Waals surface area contributed by atoms with Crippen LogP contribution in [0.4, 0.5) is 0 Å². The molecule has 3 aromatic rings. The summed E-state index contributed by atoms with van der Waals surface area (Å²) in [6.07, 6.45) is 1.28. The van der Waals surface area contributed by atoms with Crippen LogP contribution in [-0.2, 0) is 17.6 Å². The second-order valence-electron chi connectivity index (χ2n) is 6.07. The first-order chi connectivity index (χ1) is 11.2. The van der Waals surface area contributed by atoms with Crippen LogP contribution < -0.4 is 5.32 Å². The lowest BCUT2D eigenvalue weighted by Crippen LogP contribution is -2.45. The maximum atomic E-state index is 11.5. The van der Waals surface area contributed by atoms with Crippen LogP contribution in [0.3, 0.4) is 0 Å². The summed E-state index contributed by atoms with van der Waals surface area (Å²) in [7, 11) is 0. The minimum atomic E-state index is -0.793. The van der Waals surface area contributed by atoms with Crippen molar-refractivity contribution >= 4 is 29.3 Å². The molecule has 0 radical (unpaired) electrons. The van der Waals surface area contributed by atoms with Gasteiger partial charge in [0, 0.05) is 23.0 Å². The highest BCUT2D eigenvalue weighted by atomic mass is 35.5. The van der Waals surface area contributed by atoms with Crippen molar-refractivity contribution in [3.63, 3.8) is 0 Å². The molecule has 0 spiro atoms. The Hall–Kier alpha value is -2.30. The fraction of sp³-hybridized carbons (Fsp3) is 0.211. The van der Waals surface area contributed by atoms with Gasteiger partial charge in [-0.3, -0.25) is 10.1 Å². The molecule has 2 aromatic carbocycles. The van der Waals surface area contributed by atoms with Crippen LogP contribution >= 0.6 is 12.4 Å². The van der Waals surface area contributed by atoms with Crippen LogP contribution in [0.15, 0.2) is 54.6 Å². The van der Waals surface area contributed by atoms with E-state index >= 15 is 0 Å². The number of halogens is 1. The van der Waals surface area contributed by atoms with Crippen LogP contribution in [0.2, 0.25) is 0 Å². The van der Waals surface area contributed by atoms with Crippen molar-refractivity contribution in [3.05, 3.63) is 71.4 Å². The van der Waals surface area contributed by atoms with Gasteiger partial charge in [0.25, 0.3) is 0 Å². The number of fused-ring (bicyclic) bond motifs is 3. The average Bonchev–Trinajstić information content (AvgIpc) is 2.95. The Labute approximate surface area is 146 Å². The second-order valence-corrected chi connectivity index (χ2v) is 6.07. The molecule has 0 fully saturated rings. The molecule has 0 aliphatic carbocycles. The molecule has 2 unspecified atom stereocenters. The van der Waals surface area contributed by atoms with E-state index in [9.17, 15) is 9.90 Å². The van der Waals surface area contributed by atoms with Crippen LogP contribution in [-0.4, -0.2) is 22.1 Å². The van der Waals surface area contributed by atoms with E-state index in [1.54, 1.807) is 0 Å². The molecule has 2 atom stereocenters. The van der Waals surface area contributed by atoms with Crippen molar-refractivity contribution in [2.45, 2.75) is 24.9 Å². The normalized spacial score (nSPS) is 19.5. The number of hydrogen-bond donors (Lipinski definition) is 3. The molecule has 4 rings (SSSR count). The molecule has 1 aliphatic heterocycles. The summed E-state index contributed by atoms with van der Waals surface area (Å²) in [5.74, 6) is -0.793. The van der Waals surface area contributed by atoms with Gasteiger partial charge >= 0.3 is 5.97 Å². The van der Waals surface area contributed by atoms with Crippen molar-refractivity contribution in [3.8, 4) is 0 Å². The van der Waals surface area contributed by atoms with Gasteiger partial charge in [-0.2, -0.15) is 0 Å². The van der Waals surface area contributed by atoms with Gasteiger partial charge in [0.05, 0.1) is 6.04 Å². The Morgan fingerprint density at radius 3 is 2.54 bits per heavy atom. The minimum Gasteiger partial charge on any atom is -0.480 e. The van der Waals surface area contributed by atoms with Crippen LogP contribution in [0.25, 0.3) is 10.9 Å². The zero-order chi connectivity index (χ0) is 15.8. The SMILES string of the molecule is Cl.O=C(O)C1Cc2c([nH]c3ccccc23)C(Cc2ccccc2)N1. The second kappa shape index (κ2) is 6.67. The van der Waals surface area contributed by atoms with Crippen molar-refractivity contribution < 1.29 is 9.90 Å². The number of hydrogen-bond acceptors (Lipinski definition) is 2. The van der Waals surface area contributed by atoms with Gasteiger partial charge in [-0.25, -0.2) is 0 Å². The highest BCUT2D eigenvalue weighted by Gasteiger charge is 2.32. The van der Waals surface area contributed by atoms with Crippen molar-refractivity contribution in [1.29, 1.82) is 0 Å². The fourth-order valence-corrected chi connectivity index (χ4v) is 3.50. The van der Waals surface area contributed by atoms with Crippen LogP contribution in [0.5, 0.6) is 0 Å². The van der Waals surface area contributed by atoms with Crippen molar-refractivity contribution in [2.24, 2.45) is 0 Å². The van der Waals surface area contributed by atoms with E-state index in [4.69, 9.17) is 0 Å². The smallest absolute Gasteiger partial charge is 0.321 e. The summed E-state index contributed by atoms with van der Waals surface area (Å²) < 4.78 is 0. The summed E-state index contributed by atoms with van der Waals surface area (Å²) >= 11 is 0. The summed E-state index contributed by atoms with van der Waals surface area (Å²) in [4.78, 5) is 15.0. The average molecular weight is 343 g/mol. The van der Waals surface area contributed by atoms with Gasteiger partial charge in [-0.15, -0.1) is 12.4 Å². The van der Waals surface area contributed by atoms with Gasteiger partial charge in [0.15, 0.2) is 0 Å². The van der Waals surface area contributed by atoms with E-state index in [0.717, 1.165) is 28.6 Å². The van der Waals surface area contributed by atoms with Crippen molar-refractivity contribution in [1.82, 2.24) is 10.3 Å². The standard InChI is InChI=1S/C19H18N2O2.ClH/c22-19(23)17-11-14-13-8-4-5-9-15(13)21-18(14)16(20-17)10-12-6-2-1-3-7-12;/h1-9,16-17,20-21H,10-11H2,(H,22,23);1H. The molecule has 4 nitrogen and oxygen atoms in total. The zero-order valence-electron chi connectivity index (χ0n) is 13.0. The van der Waals surface area contributed by atoms with Gasteiger partial charge in [-0.05, 0) is 23.6 Å². The number of H-pyrrole nitrogens is 1. The monoisotopic (exact) mass is 342 g/mol. The maximum Gasteiger partial charge on any atom is 0.321 e. The highest BCUT2D eigenvalue weighted by Crippen LogP contribution is 2.33. The first-order valence-electron chi connectivity index (χ1n) is 7.84. The third kappa shape index (κ3) is 2.90.